The van der Waals surface area contributed by atoms with Crippen LogP contribution in [0.15, 0.2) is 24.3 Å². The molecule has 0 aromatic heterocycles. The molecular weight excluding hydrogens is 316 g/mol. The van der Waals surface area contributed by atoms with Crippen LogP contribution in [0.5, 0.6) is 11.5 Å². The highest BCUT2D eigenvalue weighted by molar-refractivity contribution is 5.92. The molecule has 0 N–H and O–H groups in total. The van der Waals surface area contributed by atoms with Gasteiger partial charge in [0, 0.05) is 6.08 Å². The lowest BCUT2D eigenvalue weighted by Crippen LogP contribution is -2.30. The normalized spacial score (nSPS) is 10.2. The summed E-state index contributed by atoms with van der Waals surface area (Å²) in [4.78, 5) is 13.3. The summed E-state index contributed by atoms with van der Waals surface area (Å²) in [7, 11) is 0. The molecule has 1 aromatic carbocycles. The van der Waals surface area contributed by atoms with Crippen LogP contribution in [0.1, 0.15) is 12.5 Å². The molecule has 24 heavy (non-hydrogen) atoms. The monoisotopic (exact) mass is 333 g/mol. The number of hydrogen-bond acceptors (Lipinski definition) is 3. The summed E-state index contributed by atoms with van der Waals surface area (Å²) in [5, 5.41) is 0. The van der Waals surface area contributed by atoms with E-state index in [1.165, 1.54) is 35.3 Å². The molecule has 0 aliphatic rings. The summed E-state index contributed by atoms with van der Waals surface area (Å²) in [5.74, 6) is 4.44. The fourth-order valence-corrected chi connectivity index (χ4v) is 1.80. The molecule has 0 saturated carbocycles. The maximum absolute atomic E-state index is 12.4. The van der Waals surface area contributed by atoms with Gasteiger partial charge in [0.25, 0.3) is 0 Å². The maximum Gasteiger partial charge on any atom is 0.387 e. The molecule has 0 spiro atoms. The van der Waals surface area contributed by atoms with Crippen LogP contribution in [-0.2, 0) is 4.79 Å². The predicted octanol–water partition coefficient (Wildman–Crippen LogP) is 2.79. The first-order valence-electron chi connectivity index (χ1n) is 7.07. The Morgan fingerprint density at radius 2 is 1.96 bits per heavy atom. The van der Waals surface area contributed by atoms with Crippen LogP contribution in [0, 0.1) is 24.7 Å². The van der Waals surface area contributed by atoms with Gasteiger partial charge in [-0.1, -0.05) is 17.9 Å². The van der Waals surface area contributed by atoms with Crippen LogP contribution in [0.2, 0.25) is 0 Å². The molecule has 6 heteroatoms. The molecule has 0 radical (unpaired) electrons. The van der Waals surface area contributed by atoms with Gasteiger partial charge in [-0.3, -0.25) is 4.79 Å². The molecular formula is C18H17F2NO3. The van der Waals surface area contributed by atoms with E-state index in [0.717, 1.165) is 0 Å². The smallest absolute Gasteiger partial charge is 0.387 e. The van der Waals surface area contributed by atoms with E-state index < -0.39 is 6.61 Å². The van der Waals surface area contributed by atoms with Crippen molar-refractivity contribution in [2.75, 3.05) is 19.7 Å². The predicted molar refractivity (Wildman–Crippen MR) is 87.5 cm³/mol. The van der Waals surface area contributed by atoms with Crippen molar-refractivity contribution in [1.29, 1.82) is 0 Å². The topological polar surface area (TPSA) is 38.8 Å². The highest BCUT2D eigenvalue weighted by Gasteiger charge is 2.11. The molecule has 0 aliphatic carbocycles. The molecule has 1 amide bonds. The number of ether oxygens (including phenoxy) is 2. The van der Waals surface area contributed by atoms with Gasteiger partial charge in [-0.15, -0.1) is 12.8 Å². The van der Waals surface area contributed by atoms with Gasteiger partial charge >= 0.3 is 6.61 Å². The van der Waals surface area contributed by atoms with Crippen molar-refractivity contribution in [3.8, 4) is 36.2 Å². The lowest BCUT2D eigenvalue weighted by molar-refractivity contribution is -0.124. The van der Waals surface area contributed by atoms with Gasteiger partial charge in [-0.05, 0) is 30.7 Å². The summed E-state index contributed by atoms with van der Waals surface area (Å²) >= 11 is 0. The first kappa shape index (κ1) is 19.1. The van der Waals surface area contributed by atoms with Crippen LogP contribution in [-0.4, -0.2) is 37.1 Å². The fraction of sp³-hybridized carbons (Fsp3) is 0.278. The van der Waals surface area contributed by atoms with Gasteiger partial charge in [0.05, 0.1) is 19.7 Å². The standard InChI is InChI=1S/C18H17F2NO3/c1-4-11-21(12-5-2)17(22)10-8-14-7-9-15(24-18(19)20)16(13-14)23-6-3/h1-2,7-10,13,18H,6,11-12H2,3H3/b10-8+. The van der Waals surface area contributed by atoms with E-state index in [-0.39, 0.29) is 37.1 Å². The second-order valence-corrected chi connectivity index (χ2v) is 4.45. The van der Waals surface area contributed by atoms with Crippen LogP contribution in [0.4, 0.5) is 8.78 Å². The minimum atomic E-state index is -2.95. The minimum Gasteiger partial charge on any atom is -0.490 e. The molecule has 4 nitrogen and oxygen atoms in total. The lowest BCUT2D eigenvalue weighted by atomic mass is 10.2. The third kappa shape index (κ3) is 6.02. The van der Waals surface area contributed by atoms with Crippen molar-refractivity contribution in [3.63, 3.8) is 0 Å². The van der Waals surface area contributed by atoms with Crippen molar-refractivity contribution < 1.29 is 23.0 Å². The largest absolute Gasteiger partial charge is 0.490 e. The van der Waals surface area contributed by atoms with Crippen LogP contribution in [0.3, 0.4) is 0 Å². The fourth-order valence-electron chi connectivity index (χ4n) is 1.80. The Labute approximate surface area is 140 Å². The lowest BCUT2D eigenvalue weighted by Gasteiger charge is -2.14. The van der Waals surface area contributed by atoms with Gasteiger partial charge in [0.1, 0.15) is 0 Å². The molecule has 0 aliphatic heterocycles. The van der Waals surface area contributed by atoms with Gasteiger partial charge in [0.2, 0.25) is 5.91 Å². The highest BCUT2D eigenvalue weighted by Crippen LogP contribution is 2.30. The zero-order chi connectivity index (χ0) is 17.9. The van der Waals surface area contributed by atoms with Crippen molar-refractivity contribution in [2.24, 2.45) is 0 Å². The Hall–Kier alpha value is -2.99. The van der Waals surface area contributed by atoms with Gasteiger partial charge in [-0.25, -0.2) is 0 Å². The molecule has 0 atom stereocenters. The highest BCUT2D eigenvalue weighted by atomic mass is 19.3. The number of carbonyl (C=O) groups is 1. The first-order valence-corrected chi connectivity index (χ1v) is 7.07. The first-order chi connectivity index (χ1) is 11.5. The molecule has 126 valence electrons. The third-order valence-electron chi connectivity index (χ3n) is 2.78. The summed E-state index contributed by atoms with van der Waals surface area (Å²) in [6, 6.07) is 4.37. The Morgan fingerprint density at radius 3 is 2.50 bits per heavy atom. The number of carbonyl (C=O) groups excluding carboxylic acids is 1. The number of amides is 1. The third-order valence-corrected chi connectivity index (χ3v) is 2.78. The maximum atomic E-state index is 12.4. The van der Waals surface area contributed by atoms with E-state index in [1.807, 2.05) is 0 Å². The summed E-state index contributed by atoms with van der Waals surface area (Å²) in [5.41, 5.74) is 0.579. The number of terminal acetylenes is 2. The Balaban J connectivity index is 2.94. The molecule has 0 unspecified atom stereocenters. The van der Waals surface area contributed by atoms with E-state index in [2.05, 4.69) is 16.6 Å². The van der Waals surface area contributed by atoms with Crippen molar-refractivity contribution in [3.05, 3.63) is 29.8 Å². The van der Waals surface area contributed by atoms with Gasteiger partial charge < -0.3 is 14.4 Å². The van der Waals surface area contributed by atoms with Crippen molar-refractivity contribution in [1.82, 2.24) is 4.90 Å². The van der Waals surface area contributed by atoms with Crippen LogP contribution >= 0.6 is 0 Å². The molecule has 0 bridgehead atoms. The van der Waals surface area contributed by atoms with Crippen LogP contribution < -0.4 is 9.47 Å². The van der Waals surface area contributed by atoms with E-state index in [9.17, 15) is 13.6 Å². The quantitative estimate of drug-likeness (QED) is 0.542. The molecule has 0 fully saturated rings. The SMILES string of the molecule is C#CCN(CC#C)C(=O)/C=C/c1ccc(OC(F)F)c(OCC)c1. The van der Waals surface area contributed by atoms with Crippen molar-refractivity contribution in [2.45, 2.75) is 13.5 Å². The second-order valence-electron chi connectivity index (χ2n) is 4.45. The van der Waals surface area contributed by atoms with Crippen LogP contribution in [0.25, 0.3) is 6.08 Å². The van der Waals surface area contributed by atoms with Gasteiger partial charge in [-0.2, -0.15) is 8.78 Å². The summed E-state index contributed by atoms with van der Waals surface area (Å²) in [6.45, 7) is -0.759. The zero-order valence-corrected chi connectivity index (χ0v) is 13.2. The number of rotatable bonds is 8. The molecule has 0 saturated heterocycles. The summed E-state index contributed by atoms with van der Waals surface area (Å²) < 4.78 is 34.4. The Bertz CT molecular complexity index is 656. The summed E-state index contributed by atoms with van der Waals surface area (Å²) in [6.07, 6.45) is 13.2. The Kier molecular flexibility index (Phi) is 7.87. The van der Waals surface area contributed by atoms with E-state index in [1.54, 1.807) is 6.92 Å². The average molecular weight is 333 g/mol. The van der Waals surface area contributed by atoms with Crippen molar-refractivity contribution >= 4 is 12.0 Å². The average Bonchev–Trinajstić information content (AvgIpc) is 2.54. The van der Waals surface area contributed by atoms with E-state index >= 15 is 0 Å². The number of alkyl halides is 2. The number of halogens is 2. The number of nitrogens with zero attached hydrogens (tertiary/aromatic N) is 1. The number of hydrogen-bond donors (Lipinski definition) is 0. The van der Waals surface area contributed by atoms with E-state index in [4.69, 9.17) is 17.6 Å². The molecule has 1 aromatic rings. The molecule has 0 heterocycles. The zero-order valence-electron chi connectivity index (χ0n) is 13.2. The Morgan fingerprint density at radius 1 is 1.29 bits per heavy atom. The van der Waals surface area contributed by atoms with Gasteiger partial charge in [0.15, 0.2) is 11.5 Å². The van der Waals surface area contributed by atoms with E-state index in [0.29, 0.717) is 5.56 Å². The minimum absolute atomic E-state index is 0.0726. The molecule has 1 rings (SSSR count). The second kappa shape index (κ2) is 9.91. The number of benzene rings is 1.